The molecule has 0 radical (unpaired) electrons. The number of cyclic esters (lactones) is 1. The van der Waals surface area contributed by atoms with Gasteiger partial charge in [-0.1, -0.05) is 61.9 Å². The first-order valence-electron chi connectivity index (χ1n) is 11.0. The Bertz CT molecular complexity index is 1070. The van der Waals surface area contributed by atoms with Gasteiger partial charge in [0, 0.05) is 16.3 Å². The highest BCUT2D eigenvalue weighted by Gasteiger charge is 2.43. The van der Waals surface area contributed by atoms with Gasteiger partial charge in [-0.15, -0.1) is 11.8 Å². The number of dihydropyridines is 1. The van der Waals surface area contributed by atoms with Crippen molar-refractivity contribution < 1.29 is 19.1 Å². The maximum atomic E-state index is 13.2. The van der Waals surface area contributed by atoms with E-state index in [1.807, 2.05) is 42.5 Å². The standard InChI is InChI=1S/C26H27NO4S/c1-3-10-19-23(25(28)30-4-2)22(24-20(27-19)15-31-26(24)29)18-13-8-9-14-21(18)32-16-17-11-6-5-7-12-17/h5-9,11-14,22,27H,3-4,10,15-16H2,1-2H3. The van der Waals surface area contributed by atoms with Gasteiger partial charge in [0.15, 0.2) is 0 Å². The molecule has 0 saturated heterocycles. The number of benzene rings is 2. The van der Waals surface area contributed by atoms with Crippen molar-refractivity contribution in [1.82, 2.24) is 5.32 Å². The van der Waals surface area contributed by atoms with Gasteiger partial charge in [-0.2, -0.15) is 0 Å². The minimum Gasteiger partial charge on any atom is -0.463 e. The van der Waals surface area contributed by atoms with Crippen LogP contribution in [-0.4, -0.2) is 25.2 Å². The Morgan fingerprint density at radius 2 is 1.88 bits per heavy atom. The molecule has 0 saturated carbocycles. The fourth-order valence-corrected chi connectivity index (χ4v) is 5.22. The van der Waals surface area contributed by atoms with E-state index < -0.39 is 5.92 Å². The summed E-state index contributed by atoms with van der Waals surface area (Å²) in [5.41, 5.74) is 4.73. The number of ether oxygens (including phenoxy) is 2. The zero-order valence-corrected chi connectivity index (χ0v) is 19.2. The third kappa shape index (κ3) is 4.46. The lowest BCUT2D eigenvalue weighted by molar-refractivity contribution is -0.138. The van der Waals surface area contributed by atoms with Crippen LogP contribution in [0.3, 0.4) is 0 Å². The van der Waals surface area contributed by atoms with Crippen LogP contribution in [-0.2, 0) is 24.8 Å². The molecule has 32 heavy (non-hydrogen) atoms. The van der Waals surface area contributed by atoms with Crippen molar-refractivity contribution >= 4 is 23.7 Å². The molecule has 0 bridgehead atoms. The molecule has 2 aliphatic rings. The van der Waals surface area contributed by atoms with E-state index in [-0.39, 0.29) is 25.2 Å². The van der Waals surface area contributed by atoms with Crippen molar-refractivity contribution in [3.05, 3.63) is 88.3 Å². The molecule has 0 aliphatic carbocycles. The molecule has 166 valence electrons. The van der Waals surface area contributed by atoms with Gasteiger partial charge in [0.1, 0.15) is 6.61 Å². The number of carbonyl (C=O) groups is 2. The second-order valence-electron chi connectivity index (χ2n) is 7.70. The Kier molecular flexibility index (Phi) is 7.00. The molecule has 1 N–H and O–H groups in total. The van der Waals surface area contributed by atoms with Crippen LogP contribution in [0.5, 0.6) is 0 Å². The number of esters is 2. The normalized spacial score (nSPS) is 17.7. The molecule has 2 heterocycles. The molecule has 0 aromatic heterocycles. The number of carbonyl (C=O) groups excluding carboxylic acids is 2. The fraction of sp³-hybridized carbons (Fsp3) is 0.308. The van der Waals surface area contributed by atoms with Crippen LogP contribution in [0.2, 0.25) is 0 Å². The molecule has 5 nitrogen and oxygen atoms in total. The molecule has 2 aromatic carbocycles. The average molecular weight is 450 g/mol. The third-order valence-electron chi connectivity index (χ3n) is 5.56. The lowest BCUT2D eigenvalue weighted by atomic mass is 9.80. The first kappa shape index (κ1) is 22.2. The van der Waals surface area contributed by atoms with E-state index in [0.717, 1.165) is 34.0 Å². The van der Waals surface area contributed by atoms with Gasteiger partial charge in [-0.05, 0) is 30.5 Å². The Morgan fingerprint density at radius 1 is 1.12 bits per heavy atom. The van der Waals surface area contributed by atoms with E-state index in [1.54, 1.807) is 18.7 Å². The fourth-order valence-electron chi connectivity index (χ4n) is 4.17. The summed E-state index contributed by atoms with van der Waals surface area (Å²) >= 11 is 1.70. The molecule has 0 spiro atoms. The van der Waals surface area contributed by atoms with E-state index in [0.29, 0.717) is 17.6 Å². The summed E-state index contributed by atoms with van der Waals surface area (Å²) in [6, 6.07) is 18.2. The van der Waals surface area contributed by atoms with Crippen molar-refractivity contribution in [2.45, 2.75) is 43.3 Å². The molecular weight excluding hydrogens is 422 g/mol. The maximum Gasteiger partial charge on any atom is 0.337 e. The summed E-state index contributed by atoms with van der Waals surface area (Å²) in [5, 5.41) is 3.32. The molecule has 2 aromatic rings. The topological polar surface area (TPSA) is 64.6 Å². The molecule has 0 amide bonds. The number of allylic oxidation sites excluding steroid dienone is 1. The highest BCUT2D eigenvalue weighted by atomic mass is 32.2. The van der Waals surface area contributed by atoms with Crippen molar-refractivity contribution in [1.29, 1.82) is 0 Å². The summed E-state index contributed by atoms with van der Waals surface area (Å²) in [5.74, 6) is -0.485. The zero-order chi connectivity index (χ0) is 22.5. The molecule has 2 aliphatic heterocycles. The van der Waals surface area contributed by atoms with E-state index in [4.69, 9.17) is 9.47 Å². The van der Waals surface area contributed by atoms with Crippen LogP contribution in [0.4, 0.5) is 0 Å². The van der Waals surface area contributed by atoms with Crippen molar-refractivity contribution in [3.63, 3.8) is 0 Å². The second kappa shape index (κ2) is 10.1. The number of rotatable bonds is 8. The third-order valence-corrected chi connectivity index (χ3v) is 6.72. The van der Waals surface area contributed by atoms with Gasteiger partial charge in [-0.3, -0.25) is 0 Å². The summed E-state index contributed by atoms with van der Waals surface area (Å²) in [6.45, 7) is 4.33. The van der Waals surface area contributed by atoms with Crippen molar-refractivity contribution in [2.24, 2.45) is 0 Å². The van der Waals surface area contributed by atoms with Crippen molar-refractivity contribution in [2.75, 3.05) is 13.2 Å². The van der Waals surface area contributed by atoms with Crippen molar-refractivity contribution in [3.8, 4) is 0 Å². The van der Waals surface area contributed by atoms with E-state index >= 15 is 0 Å². The summed E-state index contributed by atoms with van der Waals surface area (Å²) in [6.07, 6.45) is 1.55. The monoisotopic (exact) mass is 449 g/mol. The summed E-state index contributed by atoms with van der Waals surface area (Å²) in [7, 11) is 0. The molecule has 1 atom stereocenters. The van der Waals surface area contributed by atoms with Gasteiger partial charge in [-0.25, -0.2) is 9.59 Å². The van der Waals surface area contributed by atoms with Crippen LogP contribution in [0.15, 0.2) is 82.0 Å². The summed E-state index contributed by atoms with van der Waals surface area (Å²) < 4.78 is 10.8. The lowest BCUT2D eigenvalue weighted by Gasteiger charge is -2.30. The lowest BCUT2D eigenvalue weighted by Crippen LogP contribution is -2.31. The summed E-state index contributed by atoms with van der Waals surface area (Å²) in [4.78, 5) is 27.0. The van der Waals surface area contributed by atoms with Crippen LogP contribution >= 0.6 is 11.8 Å². The van der Waals surface area contributed by atoms with Gasteiger partial charge in [0.2, 0.25) is 0 Å². The quantitative estimate of drug-likeness (QED) is 0.447. The van der Waals surface area contributed by atoms with Gasteiger partial charge in [0.25, 0.3) is 0 Å². The number of thioether (sulfide) groups is 1. The van der Waals surface area contributed by atoms with Crippen LogP contribution in [0, 0.1) is 0 Å². The highest BCUT2D eigenvalue weighted by Crippen LogP contribution is 2.45. The van der Waals surface area contributed by atoms with Crippen LogP contribution in [0.1, 0.15) is 43.7 Å². The predicted molar refractivity (Wildman–Crippen MR) is 125 cm³/mol. The maximum absolute atomic E-state index is 13.2. The second-order valence-corrected chi connectivity index (χ2v) is 8.72. The Hall–Kier alpha value is -2.99. The predicted octanol–water partition coefficient (Wildman–Crippen LogP) is 5.09. The Balaban J connectivity index is 1.79. The van der Waals surface area contributed by atoms with Gasteiger partial charge in [0.05, 0.1) is 29.4 Å². The van der Waals surface area contributed by atoms with E-state index in [9.17, 15) is 9.59 Å². The SMILES string of the molecule is CCCC1=C(C(=O)OCC)C(c2ccccc2SCc2ccccc2)C2=C(COC2=O)N1. The molecular formula is C26H27NO4S. The number of hydrogen-bond acceptors (Lipinski definition) is 6. The smallest absolute Gasteiger partial charge is 0.337 e. The van der Waals surface area contributed by atoms with Crippen LogP contribution in [0.25, 0.3) is 0 Å². The molecule has 4 rings (SSSR count). The molecule has 6 heteroatoms. The number of hydrogen-bond donors (Lipinski definition) is 1. The minimum absolute atomic E-state index is 0.202. The molecule has 1 unspecified atom stereocenters. The Labute approximate surface area is 192 Å². The minimum atomic E-state index is -0.513. The largest absolute Gasteiger partial charge is 0.463 e. The van der Waals surface area contributed by atoms with E-state index in [1.165, 1.54) is 5.56 Å². The highest BCUT2D eigenvalue weighted by molar-refractivity contribution is 7.98. The average Bonchev–Trinajstić information content (AvgIpc) is 3.18. The van der Waals surface area contributed by atoms with E-state index in [2.05, 4.69) is 24.4 Å². The molecule has 0 fully saturated rings. The first-order chi connectivity index (χ1) is 15.6. The van der Waals surface area contributed by atoms with Gasteiger partial charge < -0.3 is 14.8 Å². The zero-order valence-electron chi connectivity index (χ0n) is 18.4. The first-order valence-corrected chi connectivity index (χ1v) is 12.0. The van der Waals surface area contributed by atoms with Crippen LogP contribution < -0.4 is 5.32 Å². The Morgan fingerprint density at radius 3 is 2.62 bits per heavy atom. The van der Waals surface area contributed by atoms with Gasteiger partial charge >= 0.3 is 11.9 Å². The number of nitrogens with one attached hydrogen (secondary N) is 1.